The first-order valence-corrected chi connectivity index (χ1v) is 14.2. The fraction of sp³-hybridized carbons (Fsp3) is 0.700. The van der Waals surface area contributed by atoms with Crippen LogP contribution in [0.3, 0.4) is 0 Å². The number of amides is 2. The van der Waals surface area contributed by atoms with Gasteiger partial charge in [-0.25, -0.2) is 4.79 Å². The second kappa shape index (κ2) is 13.9. The molecule has 3 rings (SSSR count). The molecule has 0 saturated carbocycles. The van der Waals surface area contributed by atoms with Crippen molar-refractivity contribution in [3.8, 4) is 0 Å². The number of aliphatic hydroxyl groups excluding tert-OH is 1. The van der Waals surface area contributed by atoms with Crippen molar-refractivity contribution in [1.82, 2.24) is 10.2 Å². The molecule has 1 unspecified atom stereocenters. The number of hydrogen-bond donors (Lipinski definition) is 3. The summed E-state index contributed by atoms with van der Waals surface area (Å²) in [6, 6.07) is -0.122. The van der Waals surface area contributed by atoms with Gasteiger partial charge in [-0.1, -0.05) is 43.7 Å². The lowest BCUT2D eigenvalue weighted by Gasteiger charge is -2.39. The molecular weight excluding hydrogens is 516 g/mol. The van der Waals surface area contributed by atoms with Gasteiger partial charge < -0.3 is 34.6 Å². The molecule has 0 aromatic heterocycles. The summed E-state index contributed by atoms with van der Waals surface area (Å²) in [6.45, 7) is 12.6. The first kappa shape index (κ1) is 32.0. The zero-order chi connectivity index (χ0) is 29.6. The number of Topliss-reactive ketones (excluding diaryl/α,β-unsaturated/α-hetero) is 1. The minimum Gasteiger partial charge on any atom is -0.465 e. The number of ether oxygens (including phenoxy) is 3. The maximum absolute atomic E-state index is 12.6. The molecule has 40 heavy (non-hydrogen) atoms. The maximum Gasteiger partial charge on any atom is 0.407 e. The number of allylic oxidation sites excluding steroid dienone is 2. The number of hydrogen-bond acceptors (Lipinski definition) is 7. The summed E-state index contributed by atoms with van der Waals surface area (Å²) in [5.74, 6) is -0.307. The first-order chi connectivity index (χ1) is 18.8. The Kier molecular flexibility index (Phi) is 11.1. The van der Waals surface area contributed by atoms with Crippen molar-refractivity contribution in [3.63, 3.8) is 0 Å². The predicted molar refractivity (Wildman–Crippen MR) is 150 cm³/mol. The summed E-state index contributed by atoms with van der Waals surface area (Å²) in [6.07, 6.45) is 7.41. The van der Waals surface area contributed by atoms with Crippen LogP contribution in [0.25, 0.3) is 0 Å². The molecule has 10 nitrogen and oxygen atoms in total. The summed E-state index contributed by atoms with van der Waals surface area (Å²) in [4.78, 5) is 37.3. The maximum atomic E-state index is 12.6. The Balaban J connectivity index is 1.47. The summed E-state index contributed by atoms with van der Waals surface area (Å²) >= 11 is 0. The molecule has 3 aliphatic rings. The topological polar surface area (TPSA) is 135 Å². The Hall–Kier alpha value is -2.53. The van der Waals surface area contributed by atoms with Gasteiger partial charge in [0.25, 0.3) is 0 Å². The van der Waals surface area contributed by atoms with Crippen molar-refractivity contribution in [3.05, 3.63) is 36.0 Å². The van der Waals surface area contributed by atoms with Gasteiger partial charge in [-0.15, -0.1) is 0 Å². The lowest BCUT2D eigenvalue weighted by Crippen LogP contribution is -2.50. The van der Waals surface area contributed by atoms with E-state index in [0.29, 0.717) is 19.6 Å². The molecule has 0 aromatic rings. The van der Waals surface area contributed by atoms with Gasteiger partial charge in [0.2, 0.25) is 5.91 Å². The van der Waals surface area contributed by atoms with Crippen LogP contribution in [0.1, 0.15) is 60.8 Å². The smallest absolute Gasteiger partial charge is 0.407 e. The molecule has 0 aromatic carbocycles. The Bertz CT molecular complexity index is 1010. The monoisotopic (exact) mass is 562 g/mol. The van der Waals surface area contributed by atoms with Gasteiger partial charge in [0.1, 0.15) is 12.2 Å². The molecule has 10 heteroatoms. The van der Waals surface area contributed by atoms with Gasteiger partial charge in [0.15, 0.2) is 5.78 Å². The lowest BCUT2D eigenvalue weighted by atomic mass is 9.88. The van der Waals surface area contributed by atoms with Crippen LogP contribution in [-0.2, 0) is 23.8 Å². The van der Waals surface area contributed by atoms with E-state index in [1.807, 2.05) is 40.7 Å². The number of rotatable bonds is 8. The number of morpholine rings is 1. The van der Waals surface area contributed by atoms with Gasteiger partial charge in [0, 0.05) is 18.9 Å². The Morgan fingerprint density at radius 3 is 2.67 bits per heavy atom. The molecule has 0 bridgehead atoms. The fourth-order valence-electron chi connectivity index (χ4n) is 5.42. The average molecular weight is 563 g/mol. The van der Waals surface area contributed by atoms with Crippen LogP contribution in [0.2, 0.25) is 0 Å². The van der Waals surface area contributed by atoms with Gasteiger partial charge in [-0.2, -0.15) is 0 Å². The number of aliphatic hydroxyl groups is 1. The lowest BCUT2D eigenvalue weighted by molar-refractivity contribution is -0.165. The third-order valence-electron chi connectivity index (χ3n) is 7.96. The van der Waals surface area contributed by atoms with Gasteiger partial charge in [-0.3, -0.25) is 9.59 Å². The zero-order valence-corrected chi connectivity index (χ0v) is 24.5. The minimum absolute atomic E-state index is 0.000250. The van der Waals surface area contributed by atoms with Gasteiger partial charge >= 0.3 is 6.09 Å². The van der Waals surface area contributed by atoms with Crippen molar-refractivity contribution < 1.29 is 38.8 Å². The molecule has 0 aliphatic carbocycles. The molecule has 0 spiro atoms. The Labute approximate surface area is 237 Å². The standard InChI is InChI=1S/C30H46N2O8/c1-18(8-11-25-28(35)23(33)16-30(5,6)40-25)7-10-24-20(3)15-22(21(4)39-24)31-27(34)12-9-19(2)26-17-32(29(36)37)13-14-38-26/h7-9,11-12,19-22,24-26,28,35H,10,13-17H2,1-6H3,(H,31,34)(H,36,37)/b11-8+,12-9-,18-7+/t19?,20-,21+,22+,24-,25+,26+,28-/m0/s1. The largest absolute Gasteiger partial charge is 0.465 e. The van der Waals surface area contributed by atoms with E-state index in [4.69, 9.17) is 14.2 Å². The Morgan fingerprint density at radius 1 is 1.25 bits per heavy atom. The Morgan fingerprint density at radius 2 is 1.98 bits per heavy atom. The van der Waals surface area contributed by atoms with E-state index in [0.717, 1.165) is 12.0 Å². The fourth-order valence-corrected chi connectivity index (χ4v) is 5.42. The van der Waals surface area contributed by atoms with Crippen molar-refractivity contribution in [1.29, 1.82) is 0 Å². The van der Waals surface area contributed by atoms with E-state index < -0.39 is 23.9 Å². The van der Waals surface area contributed by atoms with Crippen molar-refractivity contribution >= 4 is 17.8 Å². The minimum atomic E-state index is -1.15. The van der Waals surface area contributed by atoms with Crippen molar-refractivity contribution in [2.24, 2.45) is 11.8 Å². The highest BCUT2D eigenvalue weighted by Crippen LogP contribution is 2.29. The number of carbonyl (C=O) groups is 3. The summed E-state index contributed by atoms with van der Waals surface area (Å²) in [5, 5.41) is 22.5. The van der Waals surface area contributed by atoms with Gasteiger partial charge in [-0.05, 0) is 52.5 Å². The number of nitrogens with zero attached hydrogens (tertiary/aromatic N) is 1. The average Bonchev–Trinajstić information content (AvgIpc) is 2.89. The van der Waals surface area contributed by atoms with Crippen LogP contribution in [0.5, 0.6) is 0 Å². The van der Waals surface area contributed by atoms with Crippen LogP contribution < -0.4 is 5.32 Å². The molecule has 3 N–H and O–H groups in total. The number of carboxylic acid groups (broad SMARTS) is 1. The molecular formula is C30H46N2O8. The normalized spacial score (nSPS) is 34.3. The van der Waals surface area contributed by atoms with E-state index in [-0.39, 0.29) is 60.8 Å². The van der Waals surface area contributed by atoms with Crippen LogP contribution in [0.4, 0.5) is 4.79 Å². The molecule has 2 amide bonds. The molecule has 224 valence electrons. The van der Waals surface area contributed by atoms with Crippen LogP contribution in [0, 0.1) is 11.8 Å². The summed E-state index contributed by atoms with van der Waals surface area (Å²) in [5.41, 5.74) is 0.385. The molecule has 3 aliphatic heterocycles. The van der Waals surface area contributed by atoms with Crippen LogP contribution in [0.15, 0.2) is 36.0 Å². The summed E-state index contributed by atoms with van der Waals surface area (Å²) in [7, 11) is 0. The van der Waals surface area contributed by atoms with Crippen molar-refractivity contribution in [2.45, 2.75) is 103 Å². The predicted octanol–water partition coefficient (Wildman–Crippen LogP) is 3.25. The number of nitrogens with one attached hydrogen (secondary N) is 1. The molecule has 3 heterocycles. The third kappa shape index (κ3) is 8.99. The van der Waals surface area contributed by atoms with E-state index in [9.17, 15) is 24.6 Å². The number of ketones is 1. The van der Waals surface area contributed by atoms with Crippen LogP contribution >= 0.6 is 0 Å². The van der Waals surface area contributed by atoms with E-state index >= 15 is 0 Å². The first-order valence-electron chi connectivity index (χ1n) is 14.2. The van der Waals surface area contributed by atoms with E-state index in [1.54, 1.807) is 12.2 Å². The van der Waals surface area contributed by atoms with Crippen LogP contribution in [-0.4, -0.2) is 94.8 Å². The third-order valence-corrected chi connectivity index (χ3v) is 7.96. The second-order valence-corrected chi connectivity index (χ2v) is 12.0. The molecule has 3 fully saturated rings. The summed E-state index contributed by atoms with van der Waals surface area (Å²) < 4.78 is 17.8. The van der Waals surface area contributed by atoms with E-state index in [2.05, 4.69) is 18.3 Å². The molecule has 0 radical (unpaired) electrons. The SMILES string of the molecule is CC(/C=C/[C@H]1OC(C)(C)CC(=O)[C@@H]1O)=C\C[C@@H]1O[C@H](C)[C@H](NC(=O)/C=C\C(C)[C@H]2CN(C(=O)O)CCO2)C[C@@H]1C. The van der Waals surface area contributed by atoms with Crippen molar-refractivity contribution in [2.75, 3.05) is 19.7 Å². The van der Waals surface area contributed by atoms with Gasteiger partial charge in [0.05, 0.1) is 43.1 Å². The molecule has 3 saturated heterocycles. The quantitative estimate of drug-likeness (QED) is 0.303. The zero-order valence-electron chi connectivity index (χ0n) is 24.5. The molecule has 8 atom stereocenters. The highest BCUT2D eigenvalue weighted by molar-refractivity contribution is 5.87. The van der Waals surface area contributed by atoms with E-state index in [1.165, 1.54) is 11.0 Å². The highest BCUT2D eigenvalue weighted by atomic mass is 16.5. The number of carbonyl (C=O) groups excluding carboxylic acids is 2. The second-order valence-electron chi connectivity index (χ2n) is 12.0. The highest BCUT2D eigenvalue weighted by Gasteiger charge is 2.39.